The highest BCUT2D eigenvalue weighted by Crippen LogP contribution is 2.38. The lowest BCUT2D eigenvalue weighted by molar-refractivity contribution is -0.133. The van der Waals surface area contributed by atoms with Crippen LogP contribution in [0.1, 0.15) is 12.8 Å². The minimum absolute atomic E-state index is 0.0426. The number of amides is 2. The lowest BCUT2D eigenvalue weighted by atomic mass is 10.2. The molecule has 4 rings (SSSR count). The van der Waals surface area contributed by atoms with E-state index in [1.165, 1.54) is 35.7 Å². The number of carbonyl (C=O) groups is 2. The maximum Gasteiger partial charge on any atom is 0.261 e. The number of nitrogens with zero attached hydrogens (tertiary/aromatic N) is 1. The standard InChI is InChI=1S/C20H21N3O4S3/c1-28-14-6-4-5-13(11-14)22-30(26,27)15-7-8-17-16(12-15)21-19(24)18(29-17)20(25)23-9-2-3-10-23/h4-8,11-12,18,22H,2-3,9-10H2,1H3,(H,21,24)/t18-/m1/s1. The summed E-state index contributed by atoms with van der Waals surface area (Å²) in [5.41, 5.74) is 0.866. The summed E-state index contributed by atoms with van der Waals surface area (Å²) < 4.78 is 28.2. The van der Waals surface area contributed by atoms with Crippen LogP contribution in [0.25, 0.3) is 0 Å². The van der Waals surface area contributed by atoms with Crippen molar-refractivity contribution in [2.24, 2.45) is 0 Å². The number of fused-ring (bicyclic) bond motifs is 1. The third-order valence-electron chi connectivity index (χ3n) is 4.97. The van der Waals surface area contributed by atoms with Crippen molar-refractivity contribution in [2.45, 2.75) is 32.8 Å². The van der Waals surface area contributed by atoms with Gasteiger partial charge in [-0.05, 0) is 55.5 Å². The van der Waals surface area contributed by atoms with Crippen LogP contribution in [-0.2, 0) is 19.6 Å². The van der Waals surface area contributed by atoms with Crippen LogP contribution in [0, 0.1) is 0 Å². The summed E-state index contributed by atoms with van der Waals surface area (Å²) >= 11 is 2.69. The molecular formula is C20H21N3O4S3. The lowest BCUT2D eigenvalue weighted by Crippen LogP contribution is -2.43. The summed E-state index contributed by atoms with van der Waals surface area (Å²) in [6, 6.07) is 11.7. The third-order valence-corrected chi connectivity index (χ3v) is 8.33. The van der Waals surface area contributed by atoms with Gasteiger partial charge in [-0.15, -0.1) is 23.5 Å². The quantitative estimate of drug-likeness (QED) is 0.522. The Morgan fingerprint density at radius 3 is 2.70 bits per heavy atom. The zero-order valence-electron chi connectivity index (χ0n) is 16.3. The number of benzene rings is 2. The van der Waals surface area contributed by atoms with E-state index in [2.05, 4.69) is 10.0 Å². The van der Waals surface area contributed by atoms with E-state index >= 15 is 0 Å². The minimum Gasteiger partial charge on any atom is -0.341 e. The number of nitrogens with one attached hydrogen (secondary N) is 2. The van der Waals surface area contributed by atoms with E-state index in [1.807, 2.05) is 12.3 Å². The van der Waals surface area contributed by atoms with Gasteiger partial charge in [-0.3, -0.25) is 14.3 Å². The van der Waals surface area contributed by atoms with Crippen molar-refractivity contribution in [3.8, 4) is 0 Å². The third kappa shape index (κ3) is 4.30. The van der Waals surface area contributed by atoms with Crippen molar-refractivity contribution in [3.05, 3.63) is 42.5 Å². The number of sulfonamides is 1. The molecule has 158 valence electrons. The molecular weight excluding hydrogens is 442 g/mol. The van der Waals surface area contributed by atoms with E-state index in [9.17, 15) is 18.0 Å². The minimum atomic E-state index is -3.83. The molecule has 0 unspecified atom stereocenters. The molecule has 2 amide bonds. The summed E-state index contributed by atoms with van der Waals surface area (Å²) in [6.07, 6.45) is 3.82. The van der Waals surface area contributed by atoms with Crippen LogP contribution in [0.2, 0.25) is 0 Å². The number of hydrogen-bond acceptors (Lipinski definition) is 6. The highest BCUT2D eigenvalue weighted by atomic mass is 32.2. The van der Waals surface area contributed by atoms with Gasteiger partial charge >= 0.3 is 0 Å². The number of anilines is 2. The van der Waals surface area contributed by atoms with Crippen molar-refractivity contribution in [2.75, 3.05) is 29.4 Å². The van der Waals surface area contributed by atoms with Crippen LogP contribution >= 0.6 is 23.5 Å². The zero-order valence-corrected chi connectivity index (χ0v) is 18.7. The monoisotopic (exact) mass is 463 g/mol. The molecule has 1 fully saturated rings. The fourth-order valence-electron chi connectivity index (χ4n) is 3.42. The second-order valence-electron chi connectivity index (χ2n) is 7.01. The molecule has 2 aliphatic heterocycles. The molecule has 1 saturated heterocycles. The Hall–Kier alpha value is -2.17. The first kappa shape index (κ1) is 21.1. The molecule has 7 nitrogen and oxygen atoms in total. The van der Waals surface area contributed by atoms with Crippen molar-refractivity contribution in [3.63, 3.8) is 0 Å². The first-order chi connectivity index (χ1) is 14.4. The molecule has 0 aromatic heterocycles. The molecule has 0 saturated carbocycles. The maximum absolute atomic E-state index is 12.8. The normalized spacial score (nSPS) is 18.6. The fraction of sp³-hybridized carbons (Fsp3) is 0.300. The molecule has 2 heterocycles. The SMILES string of the molecule is CSc1cccc(NS(=O)(=O)c2ccc3c(c2)NC(=O)[C@H](C(=O)N2CCCC2)S3)c1. The van der Waals surface area contributed by atoms with E-state index in [1.54, 1.807) is 29.2 Å². The van der Waals surface area contributed by atoms with E-state index in [4.69, 9.17) is 0 Å². The highest BCUT2D eigenvalue weighted by Gasteiger charge is 2.37. The molecule has 2 aliphatic rings. The number of carbonyl (C=O) groups excluding carboxylic acids is 2. The second-order valence-corrected chi connectivity index (χ2v) is 10.7. The second kappa shape index (κ2) is 8.52. The van der Waals surface area contributed by atoms with Crippen LogP contribution in [0.3, 0.4) is 0 Å². The van der Waals surface area contributed by atoms with Crippen LogP contribution < -0.4 is 10.0 Å². The molecule has 0 spiro atoms. The number of rotatable bonds is 5. The maximum atomic E-state index is 12.8. The van der Waals surface area contributed by atoms with Gasteiger partial charge in [0.1, 0.15) is 0 Å². The molecule has 30 heavy (non-hydrogen) atoms. The summed E-state index contributed by atoms with van der Waals surface area (Å²) in [6.45, 7) is 1.35. The predicted octanol–water partition coefficient (Wildman–Crippen LogP) is 3.24. The van der Waals surface area contributed by atoms with E-state index in [0.717, 1.165) is 17.7 Å². The summed E-state index contributed by atoms with van der Waals surface area (Å²) in [5, 5.41) is 1.86. The molecule has 2 aromatic rings. The predicted molar refractivity (Wildman–Crippen MR) is 120 cm³/mol. The van der Waals surface area contributed by atoms with Crippen molar-refractivity contribution in [1.29, 1.82) is 0 Å². The topological polar surface area (TPSA) is 95.6 Å². The van der Waals surface area contributed by atoms with Crippen LogP contribution in [0.5, 0.6) is 0 Å². The summed E-state index contributed by atoms with van der Waals surface area (Å²) in [4.78, 5) is 28.5. The van der Waals surface area contributed by atoms with Gasteiger partial charge in [-0.2, -0.15) is 0 Å². The Morgan fingerprint density at radius 1 is 1.20 bits per heavy atom. The van der Waals surface area contributed by atoms with Crippen molar-refractivity contribution >= 4 is 56.7 Å². The first-order valence-corrected chi connectivity index (χ1v) is 13.0. The average Bonchev–Trinajstić information content (AvgIpc) is 3.27. The van der Waals surface area contributed by atoms with Crippen LogP contribution in [0.15, 0.2) is 57.2 Å². The van der Waals surface area contributed by atoms with Gasteiger partial charge in [-0.25, -0.2) is 8.42 Å². The Balaban J connectivity index is 1.55. The molecule has 0 bridgehead atoms. The average molecular weight is 464 g/mol. The van der Waals surface area contributed by atoms with E-state index in [0.29, 0.717) is 29.4 Å². The molecule has 2 N–H and O–H groups in total. The molecule has 0 radical (unpaired) electrons. The highest BCUT2D eigenvalue weighted by molar-refractivity contribution is 8.01. The van der Waals surface area contributed by atoms with Gasteiger partial charge in [0.2, 0.25) is 11.8 Å². The van der Waals surface area contributed by atoms with Crippen molar-refractivity contribution < 1.29 is 18.0 Å². The molecule has 10 heteroatoms. The summed E-state index contributed by atoms with van der Waals surface area (Å²) in [5.74, 6) is -0.604. The first-order valence-electron chi connectivity index (χ1n) is 9.44. The largest absolute Gasteiger partial charge is 0.341 e. The Kier molecular flexibility index (Phi) is 5.99. The van der Waals surface area contributed by atoms with E-state index < -0.39 is 21.2 Å². The van der Waals surface area contributed by atoms with Gasteiger partial charge in [-0.1, -0.05) is 6.07 Å². The molecule has 1 atom stereocenters. The smallest absolute Gasteiger partial charge is 0.261 e. The molecule has 2 aromatic carbocycles. The number of likely N-dealkylation sites (tertiary alicyclic amines) is 1. The van der Waals surface area contributed by atoms with Crippen LogP contribution in [0.4, 0.5) is 11.4 Å². The number of hydrogen-bond donors (Lipinski definition) is 2. The van der Waals surface area contributed by atoms with Gasteiger partial charge in [0.15, 0.2) is 5.25 Å². The van der Waals surface area contributed by atoms with E-state index in [-0.39, 0.29) is 10.8 Å². The van der Waals surface area contributed by atoms with Crippen LogP contribution in [-0.4, -0.2) is 49.7 Å². The summed E-state index contributed by atoms with van der Waals surface area (Å²) in [7, 11) is -3.83. The van der Waals surface area contributed by atoms with Gasteiger partial charge in [0, 0.05) is 28.6 Å². The Bertz CT molecular complexity index is 1100. The lowest BCUT2D eigenvalue weighted by Gasteiger charge is -2.27. The Morgan fingerprint density at radius 2 is 1.97 bits per heavy atom. The van der Waals surface area contributed by atoms with Gasteiger partial charge in [0.25, 0.3) is 10.0 Å². The van der Waals surface area contributed by atoms with Crippen molar-refractivity contribution in [1.82, 2.24) is 4.90 Å². The zero-order chi connectivity index (χ0) is 21.3. The van der Waals surface area contributed by atoms with Gasteiger partial charge < -0.3 is 10.2 Å². The molecule has 0 aliphatic carbocycles. The number of thioether (sulfide) groups is 2. The Labute approximate surface area is 184 Å². The fourth-order valence-corrected chi connectivity index (χ4v) is 6.01. The van der Waals surface area contributed by atoms with Gasteiger partial charge in [0.05, 0.1) is 10.6 Å².